The first-order valence-electron chi connectivity index (χ1n) is 9.65. The summed E-state index contributed by atoms with van der Waals surface area (Å²) in [5.74, 6) is 0.233. The zero-order chi connectivity index (χ0) is 21.4. The van der Waals surface area contributed by atoms with E-state index in [9.17, 15) is 24.8 Å². The summed E-state index contributed by atoms with van der Waals surface area (Å²) in [5, 5.41) is 40.5. The summed E-state index contributed by atoms with van der Waals surface area (Å²) in [4.78, 5) is 0. The topological polar surface area (TPSA) is 104 Å². The molecule has 1 saturated heterocycles. The molecule has 0 amide bonds. The van der Waals surface area contributed by atoms with Crippen LogP contribution in [0.15, 0.2) is 48.7 Å². The molecule has 8 heteroatoms. The lowest BCUT2D eigenvalue weighted by Gasteiger charge is -2.40. The van der Waals surface area contributed by atoms with Gasteiger partial charge < -0.3 is 34.5 Å². The molecule has 2 aromatic carbocycles. The molecule has 0 bridgehead atoms. The van der Waals surface area contributed by atoms with Gasteiger partial charge in [0.15, 0.2) is 0 Å². The third-order valence-corrected chi connectivity index (χ3v) is 5.60. The van der Waals surface area contributed by atoms with Crippen molar-refractivity contribution in [1.82, 2.24) is 4.57 Å². The largest absolute Gasteiger partial charge is 0.497 e. The van der Waals surface area contributed by atoms with Gasteiger partial charge in [-0.15, -0.1) is 0 Å². The average molecular weight is 417 g/mol. The molecule has 1 aliphatic heterocycles. The van der Waals surface area contributed by atoms with E-state index in [4.69, 9.17) is 9.47 Å². The van der Waals surface area contributed by atoms with Gasteiger partial charge >= 0.3 is 0 Å². The van der Waals surface area contributed by atoms with Gasteiger partial charge in [0.25, 0.3) is 0 Å². The fourth-order valence-electron chi connectivity index (χ4n) is 3.97. The number of benzene rings is 2. The van der Waals surface area contributed by atoms with E-state index in [1.165, 1.54) is 6.07 Å². The summed E-state index contributed by atoms with van der Waals surface area (Å²) in [6.45, 7) is -0.115. The molecule has 1 aromatic heterocycles. The molecule has 7 nitrogen and oxygen atoms in total. The van der Waals surface area contributed by atoms with Crippen molar-refractivity contribution in [3.8, 4) is 5.75 Å². The minimum Gasteiger partial charge on any atom is -0.497 e. The van der Waals surface area contributed by atoms with Crippen molar-refractivity contribution >= 4 is 10.9 Å². The Bertz CT molecular complexity index is 1020. The zero-order valence-electron chi connectivity index (χ0n) is 16.4. The molecule has 4 N–H and O–H groups in total. The number of fused-ring (bicyclic) bond motifs is 1. The molecule has 0 unspecified atom stereocenters. The summed E-state index contributed by atoms with van der Waals surface area (Å²) in [5.41, 5.74) is 1.89. The van der Waals surface area contributed by atoms with E-state index in [-0.39, 0.29) is 5.39 Å². The minimum absolute atomic E-state index is 0.260. The van der Waals surface area contributed by atoms with E-state index < -0.39 is 42.9 Å². The molecule has 5 atom stereocenters. The number of methoxy groups -OCH3 is 1. The number of halogens is 1. The van der Waals surface area contributed by atoms with Crippen molar-refractivity contribution < 1.29 is 34.3 Å². The average Bonchev–Trinajstić information content (AvgIpc) is 3.12. The number of nitrogens with zero attached hydrogens (tertiary/aromatic N) is 1. The quantitative estimate of drug-likeness (QED) is 0.500. The van der Waals surface area contributed by atoms with Gasteiger partial charge in [-0.2, -0.15) is 0 Å². The SMILES string of the molecule is COc1ccc(Cn2cc([C@@H]3O[C@H](CO)[C@@H](O)[C@H](O)[C@H]3O)c3c(F)cccc32)cc1. The van der Waals surface area contributed by atoms with Crippen LogP contribution < -0.4 is 4.74 Å². The predicted octanol–water partition coefficient (Wildman–Crippen LogP) is 1.35. The van der Waals surface area contributed by atoms with Crippen molar-refractivity contribution in [2.75, 3.05) is 13.7 Å². The number of hydrogen-bond donors (Lipinski definition) is 4. The molecule has 30 heavy (non-hydrogen) atoms. The molecule has 0 radical (unpaired) electrons. The van der Waals surface area contributed by atoms with Crippen molar-refractivity contribution in [2.45, 2.75) is 37.1 Å². The van der Waals surface area contributed by atoms with Gasteiger partial charge in [0, 0.05) is 23.7 Å². The van der Waals surface area contributed by atoms with Crippen LogP contribution in [0, 0.1) is 5.82 Å². The number of aliphatic hydroxyl groups excluding tert-OH is 4. The standard InChI is InChI=1S/C22H24FNO6/c1-29-13-7-5-12(6-8-13)9-24-10-14(18-15(23)3-2-4-16(18)24)22-21(28)20(27)19(26)17(11-25)30-22/h2-8,10,17,19-22,25-28H,9,11H2,1H3/t17-,19-,20+,21-,22+/m1/s1. The van der Waals surface area contributed by atoms with E-state index in [1.54, 1.807) is 25.4 Å². The summed E-state index contributed by atoms with van der Waals surface area (Å²) < 4.78 is 27.5. The molecule has 0 aliphatic carbocycles. The maximum absolute atomic E-state index is 14.8. The number of rotatable bonds is 5. The van der Waals surface area contributed by atoms with E-state index in [0.29, 0.717) is 17.6 Å². The van der Waals surface area contributed by atoms with Crippen LogP contribution in [0.25, 0.3) is 10.9 Å². The second-order valence-electron chi connectivity index (χ2n) is 7.44. The lowest BCUT2D eigenvalue weighted by molar-refractivity contribution is -0.231. The molecular weight excluding hydrogens is 393 g/mol. The summed E-state index contributed by atoms with van der Waals surface area (Å²) in [6.07, 6.45) is -5.00. The molecule has 1 aliphatic rings. The smallest absolute Gasteiger partial charge is 0.132 e. The fourth-order valence-corrected chi connectivity index (χ4v) is 3.97. The fraction of sp³-hybridized carbons (Fsp3) is 0.364. The highest BCUT2D eigenvalue weighted by Crippen LogP contribution is 2.38. The van der Waals surface area contributed by atoms with Crippen molar-refractivity contribution in [3.63, 3.8) is 0 Å². The third kappa shape index (κ3) is 3.57. The zero-order valence-corrected chi connectivity index (χ0v) is 16.4. The van der Waals surface area contributed by atoms with E-state index >= 15 is 0 Å². The van der Waals surface area contributed by atoms with Gasteiger partial charge in [-0.25, -0.2) is 4.39 Å². The molecule has 1 fully saturated rings. The van der Waals surface area contributed by atoms with Gasteiger partial charge in [0.05, 0.1) is 19.2 Å². The Hall–Kier alpha value is -2.49. The van der Waals surface area contributed by atoms with E-state index in [0.717, 1.165) is 11.3 Å². The van der Waals surface area contributed by atoms with Crippen LogP contribution in [0.1, 0.15) is 17.2 Å². The van der Waals surface area contributed by atoms with Crippen molar-refractivity contribution in [2.24, 2.45) is 0 Å². The Balaban J connectivity index is 1.76. The highest BCUT2D eigenvalue weighted by atomic mass is 19.1. The van der Waals surface area contributed by atoms with Gasteiger partial charge in [0.2, 0.25) is 0 Å². The second-order valence-corrected chi connectivity index (χ2v) is 7.44. The van der Waals surface area contributed by atoms with Gasteiger partial charge in [-0.3, -0.25) is 0 Å². The normalized spacial score (nSPS) is 26.8. The monoisotopic (exact) mass is 417 g/mol. The van der Waals surface area contributed by atoms with Crippen LogP contribution in [0.3, 0.4) is 0 Å². The first-order valence-corrected chi connectivity index (χ1v) is 9.65. The molecule has 2 heterocycles. The first kappa shape index (κ1) is 20.8. The second kappa shape index (κ2) is 8.33. The minimum atomic E-state index is -1.53. The Morgan fingerprint density at radius 3 is 2.43 bits per heavy atom. The van der Waals surface area contributed by atoms with Gasteiger partial charge in [-0.05, 0) is 29.8 Å². The number of hydrogen-bond acceptors (Lipinski definition) is 6. The number of aromatic nitrogens is 1. The highest BCUT2D eigenvalue weighted by molar-refractivity contribution is 5.85. The molecule has 3 aromatic rings. The highest BCUT2D eigenvalue weighted by Gasteiger charge is 2.45. The van der Waals surface area contributed by atoms with Crippen LogP contribution in [-0.2, 0) is 11.3 Å². The summed E-state index contributed by atoms with van der Waals surface area (Å²) in [7, 11) is 1.59. The van der Waals surface area contributed by atoms with Gasteiger partial charge in [-0.1, -0.05) is 18.2 Å². The lowest BCUT2D eigenvalue weighted by atomic mass is 9.91. The first-order chi connectivity index (χ1) is 14.4. The van der Waals surface area contributed by atoms with Crippen molar-refractivity contribution in [3.05, 3.63) is 65.6 Å². The molecule has 0 saturated carbocycles. The Morgan fingerprint density at radius 2 is 1.77 bits per heavy atom. The Kier molecular flexibility index (Phi) is 5.77. The van der Waals surface area contributed by atoms with Crippen LogP contribution in [0.2, 0.25) is 0 Å². The van der Waals surface area contributed by atoms with Crippen molar-refractivity contribution in [1.29, 1.82) is 0 Å². The third-order valence-electron chi connectivity index (χ3n) is 5.60. The number of aliphatic hydroxyl groups is 4. The van der Waals surface area contributed by atoms with Crippen LogP contribution in [0.4, 0.5) is 4.39 Å². The van der Waals surface area contributed by atoms with Crippen LogP contribution >= 0.6 is 0 Å². The maximum Gasteiger partial charge on any atom is 0.132 e. The lowest BCUT2D eigenvalue weighted by Crippen LogP contribution is -2.55. The van der Waals surface area contributed by atoms with Crippen LogP contribution in [0.5, 0.6) is 5.75 Å². The Morgan fingerprint density at radius 1 is 1.03 bits per heavy atom. The van der Waals surface area contributed by atoms with Crippen LogP contribution in [-0.4, -0.2) is 63.1 Å². The molecule has 4 rings (SSSR count). The summed E-state index contributed by atoms with van der Waals surface area (Å²) >= 11 is 0. The predicted molar refractivity (Wildman–Crippen MR) is 107 cm³/mol. The maximum atomic E-state index is 14.8. The molecule has 0 spiro atoms. The number of ether oxygens (including phenoxy) is 2. The summed E-state index contributed by atoms with van der Waals surface area (Å²) in [6, 6.07) is 12.1. The molecular formula is C22H24FNO6. The van der Waals surface area contributed by atoms with Gasteiger partial charge in [0.1, 0.15) is 42.1 Å². The van der Waals surface area contributed by atoms with E-state index in [2.05, 4.69) is 0 Å². The van der Waals surface area contributed by atoms with E-state index in [1.807, 2.05) is 28.8 Å². The molecule has 160 valence electrons. The Labute approximate surface area is 172 Å².